The van der Waals surface area contributed by atoms with Gasteiger partial charge in [0.05, 0.1) is 22.4 Å². The second-order valence-electron chi connectivity index (χ2n) is 8.35. The normalized spacial score (nSPS) is 13.3. The van der Waals surface area contributed by atoms with Crippen molar-refractivity contribution in [1.82, 2.24) is 24.4 Å². The van der Waals surface area contributed by atoms with Crippen LogP contribution in [-0.4, -0.2) is 36.4 Å². The van der Waals surface area contributed by atoms with Crippen LogP contribution in [0.4, 0.5) is 13.2 Å². The third-order valence-electron chi connectivity index (χ3n) is 5.92. The Kier molecular flexibility index (Phi) is 7.20. The predicted octanol–water partition coefficient (Wildman–Crippen LogP) is 4.79. The van der Waals surface area contributed by atoms with Gasteiger partial charge in [0, 0.05) is 31.7 Å². The van der Waals surface area contributed by atoms with E-state index in [9.17, 15) is 13.2 Å². The molecule has 0 atom stereocenters. The average molecular weight is 486 g/mol. The van der Waals surface area contributed by atoms with Crippen molar-refractivity contribution in [3.63, 3.8) is 0 Å². The number of imidazole rings is 2. The fraction of sp³-hybridized carbons (Fsp3) is 0.320. The van der Waals surface area contributed by atoms with E-state index in [1.54, 1.807) is 0 Å². The molecule has 0 radical (unpaired) electrons. The molecule has 0 unspecified atom stereocenters. The zero-order valence-electron chi connectivity index (χ0n) is 19.2. The Morgan fingerprint density at radius 3 is 2.51 bits per heavy atom. The van der Waals surface area contributed by atoms with Gasteiger partial charge in [-0.15, -0.1) is 0 Å². The molecule has 4 aromatic rings. The molecule has 7 nitrogen and oxygen atoms in total. The van der Waals surface area contributed by atoms with Crippen molar-refractivity contribution in [2.24, 2.45) is 0 Å². The summed E-state index contributed by atoms with van der Waals surface area (Å²) in [4.78, 5) is 18.1. The van der Waals surface area contributed by atoms with Gasteiger partial charge in [-0.25, -0.2) is 14.8 Å². The van der Waals surface area contributed by atoms with Crippen molar-refractivity contribution >= 4 is 17.0 Å². The number of fused-ring (bicyclic) bond motifs is 2. The van der Waals surface area contributed by atoms with Crippen molar-refractivity contribution < 1.29 is 23.1 Å². The molecule has 1 aliphatic rings. The molecule has 0 saturated carbocycles. The lowest BCUT2D eigenvalue weighted by atomic mass is 10.1. The molecule has 5 rings (SSSR count). The van der Waals surface area contributed by atoms with Crippen LogP contribution in [0.3, 0.4) is 0 Å². The Hall–Kier alpha value is -3.66. The molecule has 0 bridgehead atoms. The first-order valence-electron chi connectivity index (χ1n) is 11.3. The molecule has 35 heavy (non-hydrogen) atoms. The van der Waals surface area contributed by atoms with Crippen molar-refractivity contribution in [3.05, 3.63) is 77.6 Å². The minimum absolute atomic E-state index is 0.852. The van der Waals surface area contributed by atoms with Crippen LogP contribution >= 0.6 is 0 Å². The highest BCUT2D eigenvalue weighted by Crippen LogP contribution is 2.20. The summed E-state index contributed by atoms with van der Waals surface area (Å²) >= 11 is 0. The highest BCUT2D eigenvalue weighted by atomic mass is 19.4. The molecular formula is C25H26F3N5O2. The summed E-state index contributed by atoms with van der Waals surface area (Å²) in [5, 5.41) is 10.7. The Morgan fingerprint density at radius 1 is 1.09 bits per heavy atom. The first-order chi connectivity index (χ1) is 16.7. The minimum atomic E-state index is -5.08. The van der Waals surface area contributed by atoms with E-state index in [0.29, 0.717) is 0 Å². The number of carboxylic acids is 1. The van der Waals surface area contributed by atoms with Gasteiger partial charge in [-0.3, -0.25) is 4.57 Å². The molecule has 0 spiro atoms. The third-order valence-corrected chi connectivity index (χ3v) is 5.92. The van der Waals surface area contributed by atoms with Crippen LogP contribution in [0.1, 0.15) is 35.6 Å². The summed E-state index contributed by atoms with van der Waals surface area (Å²) < 4.78 is 36.3. The standard InChI is InChI=1S/C23H25N5.C2HF3O2/c1-17-22(27-13-5-4-8-23(27)26-17)15-24-14-18-9-11-19(12-10-18)28-16-25-20-6-2-3-7-21(20)28;3-2(4,5)1(6)7/h2-3,6-7,9-12,16,24H,4-5,8,13-15H2,1H3;(H,6,7). The number of hydrogen-bond donors (Lipinski definition) is 2. The van der Waals surface area contributed by atoms with E-state index >= 15 is 0 Å². The molecule has 1 aliphatic heterocycles. The van der Waals surface area contributed by atoms with E-state index in [0.717, 1.165) is 42.8 Å². The number of alkyl halides is 3. The van der Waals surface area contributed by atoms with Gasteiger partial charge in [0.2, 0.25) is 0 Å². The van der Waals surface area contributed by atoms with Gasteiger partial charge in [-0.2, -0.15) is 13.2 Å². The molecule has 2 aromatic carbocycles. The molecule has 2 aromatic heterocycles. The number of aromatic nitrogens is 4. The number of carbonyl (C=O) groups is 1. The maximum absolute atomic E-state index is 10.6. The van der Waals surface area contributed by atoms with E-state index in [4.69, 9.17) is 14.9 Å². The number of aliphatic carboxylic acids is 1. The molecule has 0 amide bonds. The largest absolute Gasteiger partial charge is 0.490 e. The lowest BCUT2D eigenvalue weighted by molar-refractivity contribution is -0.192. The number of para-hydroxylation sites is 2. The number of benzene rings is 2. The maximum Gasteiger partial charge on any atom is 0.490 e. The van der Waals surface area contributed by atoms with Gasteiger partial charge in [0.25, 0.3) is 0 Å². The van der Waals surface area contributed by atoms with Crippen molar-refractivity contribution in [1.29, 1.82) is 0 Å². The summed E-state index contributed by atoms with van der Waals surface area (Å²) in [5.41, 5.74) is 7.09. The smallest absolute Gasteiger partial charge is 0.475 e. The number of hydrogen-bond acceptors (Lipinski definition) is 4. The zero-order chi connectivity index (χ0) is 25.0. The summed E-state index contributed by atoms with van der Waals surface area (Å²) in [6.45, 7) is 4.96. The topological polar surface area (TPSA) is 85.0 Å². The van der Waals surface area contributed by atoms with Gasteiger partial charge in [-0.05, 0) is 49.6 Å². The van der Waals surface area contributed by atoms with Gasteiger partial charge in [-0.1, -0.05) is 24.3 Å². The molecule has 2 N–H and O–H groups in total. The number of nitrogens with zero attached hydrogens (tertiary/aromatic N) is 4. The number of aryl methyl sites for hydroxylation is 2. The lowest BCUT2D eigenvalue weighted by Crippen LogP contribution is -2.21. The van der Waals surface area contributed by atoms with Crippen molar-refractivity contribution in [3.8, 4) is 5.69 Å². The third kappa shape index (κ3) is 5.71. The van der Waals surface area contributed by atoms with Crippen LogP contribution in [0, 0.1) is 6.92 Å². The van der Waals surface area contributed by atoms with E-state index in [-0.39, 0.29) is 0 Å². The second-order valence-corrected chi connectivity index (χ2v) is 8.35. The Bertz CT molecular complexity index is 1310. The first-order valence-corrected chi connectivity index (χ1v) is 11.3. The van der Waals surface area contributed by atoms with Gasteiger partial charge in [0.15, 0.2) is 0 Å². The molecule has 184 valence electrons. The quantitative estimate of drug-likeness (QED) is 0.425. The van der Waals surface area contributed by atoms with Crippen molar-refractivity contribution in [2.75, 3.05) is 0 Å². The maximum atomic E-state index is 10.6. The van der Waals surface area contributed by atoms with Gasteiger partial charge < -0.3 is 15.0 Å². The van der Waals surface area contributed by atoms with Crippen LogP contribution < -0.4 is 5.32 Å². The van der Waals surface area contributed by atoms with Crippen LogP contribution in [-0.2, 0) is 30.8 Å². The first kappa shape index (κ1) is 24.5. The van der Waals surface area contributed by atoms with Crippen LogP contribution in [0.15, 0.2) is 54.9 Å². The highest BCUT2D eigenvalue weighted by Gasteiger charge is 2.38. The fourth-order valence-corrected chi connectivity index (χ4v) is 4.17. The van der Waals surface area contributed by atoms with Gasteiger partial charge >= 0.3 is 12.1 Å². The van der Waals surface area contributed by atoms with E-state index in [2.05, 4.69) is 62.8 Å². The highest BCUT2D eigenvalue weighted by molar-refractivity contribution is 5.77. The summed E-state index contributed by atoms with van der Waals surface area (Å²) in [6, 6.07) is 16.9. The Labute approximate surface area is 200 Å². The monoisotopic (exact) mass is 485 g/mol. The average Bonchev–Trinajstić information content (AvgIpc) is 3.40. The molecular weight excluding hydrogens is 459 g/mol. The summed E-state index contributed by atoms with van der Waals surface area (Å²) in [6.07, 6.45) is 0.455. The molecule has 3 heterocycles. The van der Waals surface area contributed by atoms with Gasteiger partial charge in [0.1, 0.15) is 12.2 Å². The number of rotatable bonds is 5. The summed E-state index contributed by atoms with van der Waals surface area (Å²) in [5.74, 6) is -1.50. The fourth-order valence-electron chi connectivity index (χ4n) is 4.17. The minimum Gasteiger partial charge on any atom is -0.475 e. The van der Waals surface area contributed by atoms with E-state index in [1.807, 2.05) is 18.5 Å². The Balaban J connectivity index is 0.000000364. The number of nitrogens with one attached hydrogen (secondary N) is 1. The number of halogens is 3. The second kappa shape index (κ2) is 10.3. The molecule has 0 saturated heterocycles. The van der Waals surface area contributed by atoms with Crippen LogP contribution in [0.2, 0.25) is 0 Å². The molecule has 10 heteroatoms. The SMILES string of the molecule is Cc1nc2n(c1CNCc1ccc(-n3cnc4ccccc43)cc1)CCCC2.O=C(O)C(F)(F)F. The Morgan fingerprint density at radius 2 is 1.80 bits per heavy atom. The van der Waals surface area contributed by atoms with E-state index in [1.165, 1.54) is 35.6 Å². The van der Waals surface area contributed by atoms with E-state index < -0.39 is 12.1 Å². The lowest BCUT2D eigenvalue weighted by Gasteiger charge is -2.17. The molecule has 0 aliphatic carbocycles. The van der Waals surface area contributed by atoms with Crippen LogP contribution in [0.25, 0.3) is 16.7 Å². The number of carboxylic acid groups (broad SMARTS) is 1. The van der Waals surface area contributed by atoms with Crippen molar-refractivity contribution in [2.45, 2.75) is 52.0 Å². The molecule has 0 fully saturated rings. The summed E-state index contributed by atoms with van der Waals surface area (Å²) in [7, 11) is 0. The zero-order valence-corrected chi connectivity index (χ0v) is 19.2. The van der Waals surface area contributed by atoms with Crippen LogP contribution in [0.5, 0.6) is 0 Å². The predicted molar refractivity (Wildman–Crippen MR) is 125 cm³/mol.